The van der Waals surface area contributed by atoms with E-state index in [4.69, 9.17) is 18.9 Å². The zero-order valence-electron chi connectivity index (χ0n) is 27.5. The molecule has 0 radical (unpaired) electrons. The van der Waals surface area contributed by atoms with Crippen molar-refractivity contribution in [2.45, 2.75) is 127 Å². The van der Waals surface area contributed by atoms with E-state index in [1.807, 2.05) is 20.0 Å². The molecule has 0 saturated carbocycles. The molecule has 6 atom stereocenters. The number of carbonyl (C=O) groups is 4. The number of ether oxygens (including phenoxy) is 4. The Kier molecular flexibility index (Phi) is 9.18. The maximum absolute atomic E-state index is 13.5. The first-order valence-electron chi connectivity index (χ1n) is 16.2. The second-order valence-electron chi connectivity index (χ2n) is 14.0. The molecule has 0 unspecified atom stereocenters. The number of esters is 1. The number of carbonyl (C=O) groups excluding carboxylic acids is 4. The fraction of sp³-hybridized carbons (Fsp3) is 0.647. The van der Waals surface area contributed by atoms with E-state index in [1.165, 1.54) is 6.92 Å². The van der Waals surface area contributed by atoms with Crippen molar-refractivity contribution >= 4 is 23.8 Å². The average Bonchev–Trinajstić information content (AvgIpc) is 3.32. The Morgan fingerprint density at radius 2 is 1.93 bits per heavy atom. The number of rotatable bonds is 11. The molecular weight excluding hydrogens is 596 g/mol. The van der Waals surface area contributed by atoms with Gasteiger partial charge in [-0.2, -0.15) is 0 Å². The smallest absolute Gasteiger partial charge is 0.504 e. The zero-order valence-corrected chi connectivity index (χ0v) is 27.5. The largest absolute Gasteiger partial charge is 0.509 e. The summed E-state index contributed by atoms with van der Waals surface area (Å²) in [6.07, 6.45) is 1.73. The van der Waals surface area contributed by atoms with Crippen molar-refractivity contribution in [1.29, 1.82) is 0 Å². The molecule has 1 amide bonds. The maximum Gasteiger partial charge on any atom is 0.509 e. The van der Waals surface area contributed by atoms with E-state index in [0.29, 0.717) is 31.6 Å². The third-order valence-electron chi connectivity index (χ3n) is 9.72. The van der Waals surface area contributed by atoms with Gasteiger partial charge in [-0.1, -0.05) is 25.8 Å². The standard InChI is InChI=1S/C34H46N2O10/c1-7-8-9-10-22(37)21(35-30(40)19(2)43-31(41)46-32(3,4)5)18-26(39)44-24-13-14-34(42)25-17-20-11-12-23(38)28-27(20)33(34,29(24)45-28)15-16-36(25)6/h11-13,19,21,25,29,38,42H,7-10,14-18H2,1-6H3,(H,35,40)/t19-,21-,25+,29-,33-,34+/m0/s1. The van der Waals surface area contributed by atoms with Crippen molar-refractivity contribution in [2.75, 3.05) is 13.6 Å². The van der Waals surface area contributed by atoms with E-state index in [2.05, 4.69) is 10.2 Å². The molecule has 0 aromatic heterocycles. The van der Waals surface area contributed by atoms with Crippen LogP contribution in [0.25, 0.3) is 0 Å². The minimum absolute atomic E-state index is 0.0453. The molecule has 2 heterocycles. The van der Waals surface area contributed by atoms with Crippen molar-refractivity contribution in [1.82, 2.24) is 10.2 Å². The molecule has 2 aliphatic carbocycles. The van der Waals surface area contributed by atoms with Gasteiger partial charge in [-0.3, -0.25) is 14.4 Å². The van der Waals surface area contributed by atoms with Crippen LogP contribution in [0, 0.1) is 0 Å². The molecule has 1 fully saturated rings. The van der Waals surface area contributed by atoms with Crippen LogP contribution in [0.2, 0.25) is 0 Å². The summed E-state index contributed by atoms with van der Waals surface area (Å²) in [7, 11) is 1.98. The lowest BCUT2D eigenvalue weighted by Crippen LogP contribution is -2.74. The average molecular weight is 643 g/mol. The number of aromatic hydroxyl groups is 1. The predicted octanol–water partition coefficient (Wildman–Crippen LogP) is 3.58. The SMILES string of the molecule is CCCCCC(=O)[C@H](CC(=O)OC1=CC[C@@]2(O)[C@H]3Cc4ccc(O)c5c4[C@@]2(CCN3C)[C@H]1O5)NC(=O)[C@H](C)OC(=O)OC(C)(C)C. The number of nitrogens with zero attached hydrogens (tertiary/aromatic N) is 1. The van der Waals surface area contributed by atoms with Crippen LogP contribution in [0.4, 0.5) is 4.79 Å². The molecule has 1 spiro atoms. The molecule has 2 aliphatic heterocycles. The van der Waals surface area contributed by atoms with Crippen LogP contribution in [-0.2, 0) is 40.4 Å². The molecule has 252 valence electrons. The van der Waals surface area contributed by atoms with Crippen LogP contribution < -0.4 is 10.1 Å². The first kappa shape index (κ1) is 33.7. The van der Waals surface area contributed by atoms with Gasteiger partial charge in [0.15, 0.2) is 29.5 Å². The Labute approximate surface area is 269 Å². The normalized spacial score (nSPS) is 27.3. The molecule has 1 aromatic rings. The van der Waals surface area contributed by atoms with Gasteiger partial charge in [0.05, 0.1) is 23.5 Å². The van der Waals surface area contributed by atoms with Crippen molar-refractivity contribution in [3.63, 3.8) is 0 Å². The molecule has 12 nitrogen and oxygen atoms in total. The quantitative estimate of drug-likeness (QED) is 0.239. The third kappa shape index (κ3) is 5.97. The summed E-state index contributed by atoms with van der Waals surface area (Å²) in [5.41, 5.74) is -1.24. The number of phenolic OH excluding ortho intramolecular Hbond substituents is 1. The number of piperidine rings is 1. The minimum Gasteiger partial charge on any atom is -0.504 e. The van der Waals surface area contributed by atoms with Gasteiger partial charge >= 0.3 is 12.1 Å². The van der Waals surface area contributed by atoms with E-state index in [9.17, 15) is 29.4 Å². The van der Waals surface area contributed by atoms with Crippen molar-refractivity contribution in [3.05, 3.63) is 35.1 Å². The number of aliphatic hydroxyl groups is 1. The van der Waals surface area contributed by atoms with Crippen LogP contribution in [0.3, 0.4) is 0 Å². The number of Topliss-reactive ketones (excluding diaryl/α,β-unsaturated/α-hetero) is 1. The molecule has 1 aromatic carbocycles. The summed E-state index contributed by atoms with van der Waals surface area (Å²) in [5.74, 6) is -1.43. The topological polar surface area (TPSA) is 161 Å². The van der Waals surface area contributed by atoms with Gasteiger partial charge in [-0.25, -0.2) is 4.79 Å². The Morgan fingerprint density at radius 3 is 2.63 bits per heavy atom. The lowest BCUT2D eigenvalue weighted by atomic mass is 9.50. The van der Waals surface area contributed by atoms with Gasteiger partial charge < -0.3 is 39.4 Å². The van der Waals surface area contributed by atoms with Crippen LogP contribution in [0.15, 0.2) is 24.0 Å². The van der Waals surface area contributed by atoms with Gasteiger partial charge in [0.25, 0.3) is 5.91 Å². The highest BCUT2D eigenvalue weighted by molar-refractivity contribution is 5.93. The molecule has 2 bridgehead atoms. The number of hydrogen-bond donors (Lipinski definition) is 3. The number of ketones is 1. The number of amides is 1. The summed E-state index contributed by atoms with van der Waals surface area (Å²) in [5, 5.41) is 25.6. The Morgan fingerprint density at radius 1 is 1.20 bits per heavy atom. The molecule has 4 aliphatic rings. The van der Waals surface area contributed by atoms with Crippen LogP contribution >= 0.6 is 0 Å². The summed E-state index contributed by atoms with van der Waals surface area (Å²) in [6.45, 7) is 9.00. The van der Waals surface area contributed by atoms with E-state index in [-0.39, 0.29) is 36.2 Å². The number of nitrogens with one attached hydrogen (secondary N) is 1. The van der Waals surface area contributed by atoms with Gasteiger partial charge in [0.2, 0.25) is 0 Å². The minimum atomic E-state index is -1.29. The van der Waals surface area contributed by atoms with Gasteiger partial charge in [0, 0.05) is 24.4 Å². The Hall–Kier alpha value is -3.64. The lowest BCUT2D eigenvalue weighted by Gasteiger charge is -2.61. The fourth-order valence-corrected chi connectivity index (χ4v) is 7.51. The summed E-state index contributed by atoms with van der Waals surface area (Å²) in [4.78, 5) is 53.9. The molecule has 46 heavy (non-hydrogen) atoms. The predicted molar refractivity (Wildman–Crippen MR) is 165 cm³/mol. The molecule has 5 rings (SSSR count). The van der Waals surface area contributed by atoms with Crippen LogP contribution in [0.1, 0.15) is 90.7 Å². The van der Waals surface area contributed by atoms with E-state index in [1.54, 1.807) is 32.9 Å². The number of phenols is 1. The highest BCUT2D eigenvalue weighted by Gasteiger charge is 2.72. The Bertz CT molecular complexity index is 1430. The lowest BCUT2D eigenvalue weighted by molar-refractivity contribution is -0.169. The molecule has 1 saturated heterocycles. The zero-order chi connectivity index (χ0) is 33.6. The monoisotopic (exact) mass is 642 g/mol. The summed E-state index contributed by atoms with van der Waals surface area (Å²) in [6, 6.07) is 2.03. The number of unbranched alkanes of at least 4 members (excludes halogenated alkanes) is 2. The van der Waals surface area contributed by atoms with Gasteiger partial charge in [-0.15, -0.1) is 0 Å². The van der Waals surface area contributed by atoms with Gasteiger partial charge in [0.1, 0.15) is 11.4 Å². The van der Waals surface area contributed by atoms with E-state index >= 15 is 0 Å². The summed E-state index contributed by atoms with van der Waals surface area (Å²) < 4.78 is 22.4. The summed E-state index contributed by atoms with van der Waals surface area (Å²) >= 11 is 0. The van der Waals surface area contributed by atoms with Crippen molar-refractivity contribution in [2.24, 2.45) is 0 Å². The number of benzene rings is 1. The number of likely N-dealkylation sites (N-methyl/N-ethyl adjacent to an activating group) is 1. The molecular formula is C34H46N2O10. The molecule has 12 heteroatoms. The first-order chi connectivity index (χ1) is 21.6. The second kappa shape index (κ2) is 12.5. The van der Waals surface area contributed by atoms with Crippen molar-refractivity contribution < 1.29 is 48.3 Å². The maximum atomic E-state index is 13.5. The van der Waals surface area contributed by atoms with Crippen LogP contribution in [-0.4, -0.2) is 88.0 Å². The number of likely N-dealkylation sites (tertiary alicyclic amines) is 1. The first-order valence-corrected chi connectivity index (χ1v) is 16.2. The van der Waals surface area contributed by atoms with Crippen molar-refractivity contribution in [3.8, 4) is 11.5 Å². The third-order valence-corrected chi connectivity index (χ3v) is 9.72. The molecule has 3 N–H and O–H groups in total. The second-order valence-corrected chi connectivity index (χ2v) is 14.0. The Balaban J connectivity index is 1.34. The fourth-order valence-electron chi connectivity index (χ4n) is 7.51. The van der Waals surface area contributed by atoms with E-state index < -0.39 is 59.3 Å². The highest BCUT2D eigenvalue weighted by atomic mass is 16.7. The number of hydrogen-bond acceptors (Lipinski definition) is 11. The highest BCUT2D eigenvalue weighted by Crippen LogP contribution is 2.65. The van der Waals surface area contributed by atoms with Crippen LogP contribution in [0.5, 0.6) is 11.5 Å². The van der Waals surface area contributed by atoms with Gasteiger partial charge in [-0.05, 0) is 78.3 Å². The van der Waals surface area contributed by atoms with E-state index in [0.717, 1.165) is 24.0 Å².